The van der Waals surface area contributed by atoms with Crippen molar-refractivity contribution < 1.29 is 4.79 Å². The third kappa shape index (κ3) is 3.25. The molecule has 110 valence electrons. The normalized spacial score (nSPS) is 16.1. The zero-order valence-electron chi connectivity index (χ0n) is 12.0. The lowest BCUT2D eigenvalue weighted by atomic mass is 10.2. The Morgan fingerprint density at radius 1 is 1.14 bits per heavy atom. The second kappa shape index (κ2) is 6.01. The van der Waals surface area contributed by atoms with E-state index in [4.69, 9.17) is 0 Å². The molecule has 0 N–H and O–H groups in total. The number of rotatable bonds is 3. The molecular formula is C14H18N6O. The molecule has 0 spiro atoms. The molecule has 0 saturated carbocycles. The van der Waals surface area contributed by atoms with Gasteiger partial charge in [0.05, 0.1) is 0 Å². The van der Waals surface area contributed by atoms with Crippen LogP contribution in [0.4, 0.5) is 0 Å². The Kier molecular flexibility index (Phi) is 3.92. The number of carbonyl (C=O) groups excluding carboxylic acids is 1. The van der Waals surface area contributed by atoms with Crippen LogP contribution in [-0.2, 0) is 11.3 Å². The van der Waals surface area contributed by atoms with E-state index in [1.807, 2.05) is 35.2 Å². The Morgan fingerprint density at radius 3 is 2.57 bits per heavy atom. The number of piperazine rings is 1. The highest BCUT2D eigenvalue weighted by Crippen LogP contribution is 2.11. The molecule has 0 atom stereocenters. The molecule has 1 aromatic carbocycles. The summed E-state index contributed by atoms with van der Waals surface area (Å²) in [7, 11) is 2.06. The number of carbonyl (C=O) groups is 1. The van der Waals surface area contributed by atoms with Gasteiger partial charge < -0.3 is 9.80 Å². The number of nitrogens with zero attached hydrogens (tertiary/aromatic N) is 6. The standard InChI is InChI=1S/C14H18N6O/c1-18-7-9-19(10-8-18)13(21)11-20-16-14(15-17-20)12-5-3-2-4-6-12/h2-6H,7-11H2,1H3. The average molecular weight is 286 g/mol. The maximum atomic E-state index is 12.2. The van der Waals surface area contributed by atoms with Crippen LogP contribution in [0, 0.1) is 0 Å². The fourth-order valence-corrected chi connectivity index (χ4v) is 2.29. The molecule has 2 heterocycles. The van der Waals surface area contributed by atoms with Gasteiger partial charge in [-0.2, -0.15) is 4.80 Å². The van der Waals surface area contributed by atoms with E-state index in [0.29, 0.717) is 5.82 Å². The second-order valence-corrected chi connectivity index (χ2v) is 5.19. The molecule has 1 amide bonds. The molecule has 0 bridgehead atoms. The number of tetrazole rings is 1. The van der Waals surface area contributed by atoms with E-state index >= 15 is 0 Å². The summed E-state index contributed by atoms with van der Waals surface area (Å²) >= 11 is 0. The number of hydrogen-bond acceptors (Lipinski definition) is 5. The van der Waals surface area contributed by atoms with Crippen LogP contribution < -0.4 is 0 Å². The topological polar surface area (TPSA) is 67.2 Å². The van der Waals surface area contributed by atoms with Crippen molar-refractivity contribution in [3.8, 4) is 11.4 Å². The minimum Gasteiger partial charge on any atom is -0.338 e. The van der Waals surface area contributed by atoms with Gasteiger partial charge in [-0.3, -0.25) is 4.79 Å². The van der Waals surface area contributed by atoms with Gasteiger partial charge in [0.25, 0.3) is 0 Å². The molecule has 0 unspecified atom stereocenters. The van der Waals surface area contributed by atoms with Crippen molar-refractivity contribution in [3.63, 3.8) is 0 Å². The number of aromatic nitrogens is 4. The fourth-order valence-electron chi connectivity index (χ4n) is 2.29. The Labute approximate surface area is 123 Å². The van der Waals surface area contributed by atoms with Crippen molar-refractivity contribution in [2.75, 3.05) is 33.2 Å². The fraction of sp³-hybridized carbons (Fsp3) is 0.429. The second-order valence-electron chi connectivity index (χ2n) is 5.19. The summed E-state index contributed by atoms with van der Waals surface area (Å²) in [6, 6.07) is 9.62. The highest BCUT2D eigenvalue weighted by molar-refractivity contribution is 5.75. The largest absolute Gasteiger partial charge is 0.338 e. The van der Waals surface area contributed by atoms with Crippen LogP contribution in [0.1, 0.15) is 0 Å². The zero-order chi connectivity index (χ0) is 14.7. The molecule has 7 heteroatoms. The molecule has 0 aliphatic carbocycles. The molecule has 1 aliphatic rings. The van der Waals surface area contributed by atoms with Crippen LogP contribution in [0.2, 0.25) is 0 Å². The Morgan fingerprint density at radius 2 is 1.86 bits per heavy atom. The summed E-state index contributed by atoms with van der Waals surface area (Å²) in [5.74, 6) is 0.585. The van der Waals surface area contributed by atoms with Crippen LogP contribution in [0.3, 0.4) is 0 Å². The molecule has 0 radical (unpaired) electrons. The lowest BCUT2D eigenvalue weighted by Crippen LogP contribution is -2.48. The molecule has 1 aliphatic heterocycles. The first-order chi connectivity index (χ1) is 10.2. The first-order valence-corrected chi connectivity index (χ1v) is 7.02. The summed E-state index contributed by atoms with van der Waals surface area (Å²) in [5, 5.41) is 12.2. The van der Waals surface area contributed by atoms with Crippen molar-refractivity contribution in [2.45, 2.75) is 6.54 Å². The molecule has 1 saturated heterocycles. The minimum absolute atomic E-state index is 0.0418. The summed E-state index contributed by atoms with van der Waals surface area (Å²) in [6.45, 7) is 3.48. The van der Waals surface area contributed by atoms with Crippen LogP contribution in [0.5, 0.6) is 0 Å². The minimum atomic E-state index is 0.0418. The van der Waals surface area contributed by atoms with Gasteiger partial charge in [-0.15, -0.1) is 10.2 Å². The van der Waals surface area contributed by atoms with E-state index in [1.165, 1.54) is 4.80 Å². The molecule has 1 aromatic heterocycles. The maximum absolute atomic E-state index is 12.2. The molecule has 3 rings (SSSR count). The highest BCUT2D eigenvalue weighted by Gasteiger charge is 2.20. The van der Waals surface area contributed by atoms with Gasteiger partial charge in [0.2, 0.25) is 11.7 Å². The number of benzene rings is 1. The molecular weight excluding hydrogens is 268 g/mol. The number of amides is 1. The van der Waals surface area contributed by atoms with Gasteiger partial charge >= 0.3 is 0 Å². The summed E-state index contributed by atoms with van der Waals surface area (Å²) in [4.78, 5) is 17.6. The van der Waals surface area contributed by atoms with Crippen LogP contribution in [0.25, 0.3) is 11.4 Å². The monoisotopic (exact) mass is 286 g/mol. The zero-order valence-corrected chi connectivity index (χ0v) is 12.0. The van der Waals surface area contributed by atoms with Gasteiger partial charge in [0.15, 0.2) is 0 Å². The van der Waals surface area contributed by atoms with E-state index < -0.39 is 0 Å². The van der Waals surface area contributed by atoms with Crippen molar-refractivity contribution in [2.24, 2.45) is 0 Å². The first-order valence-electron chi connectivity index (χ1n) is 7.02. The molecule has 7 nitrogen and oxygen atoms in total. The smallest absolute Gasteiger partial charge is 0.246 e. The maximum Gasteiger partial charge on any atom is 0.246 e. The Bertz CT molecular complexity index is 603. The third-order valence-electron chi connectivity index (χ3n) is 3.62. The summed E-state index contributed by atoms with van der Waals surface area (Å²) in [6.07, 6.45) is 0. The van der Waals surface area contributed by atoms with E-state index in [2.05, 4.69) is 27.4 Å². The third-order valence-corrected chi connectivity index (χ3v) is 3.62. The van der Waals surface area contributed by atoms with Gasteiger partial charge in [-0.05, 0) is 12.3 Å². The SMILES string of the molecule is CN1CCN(C(=O)Cn2nnc(-c3ccccc3)n2)CC1. The van der Waals surface area contributed by atoms with E-state index in [-0.39, 0.29) is 12.5 Å². The summed E-state index contributed by atoms with van der Waals surface area (Å²) < 4.78 is 0. The molecule has 1 fully saturated rings. The van der Waals surface area contributed by atoms with Gasteiger partial charge in [0.1, 0.15) is 6.54 Å². The Hall–Kier alpha value is -2.28. The Balaban J connectivity index is 1.63. The van der Waals surface area contributed by atoms with Crippen molar-refractivity contribution in [1.29, 1.82) is 0 Å². The van der Waals surface area contributed by atoms with Gasteiger partial charge in [-0.1, -0.05) is 30.3 Å². The van der Waals surface area contributed by atoms with E-state index in [9.17, 15) is 4.79 Å². The lowest BCUT2D eigenvalue weighted by molar-refractivity contribution is -0.133. The first kappa shape index (κ1) is 13.7. The predicted molar refractivity (Wildman–Crippen MR) is 77.3 cm³/mol. The highest BCUT2D eigenvalue weighted by atomic mass is 16.2. The lowest BCUT2D eigenvalue weighted by Gasteiger charge is -2.32. The van der Waals surface area contributed by atoms with Crippen molar-refractivity contribution >= 4 is 5.91 Å². The van der Waals surface area contributed by atoms with E-state index in [1.54, 1.807) is 0 Å². The molecule has 21 heavy (non-hydrogen) atoms. The number of likely N-dealkylation sites (N-methyl/N-ethyl adjacent to an activating group) is 1. The van der Waals surface area contributed by atoms with Gasteiger partial charge in [-0.25, -0.2) is 0 Å². The number of hydrogen-bond donors (Lipinski definition) is 0. The van der Waals surface area contributed by atoms with E-state index in [0.717, 1.165) is 31.7 Å². The molecule has 2 aromatic rings. The van der Waals surface area contributed by atoms with Crippen LogP contribution in [0.15, 0.2) is 30.3 Å². The van der Waals surface area contributed by atoms with Crippen LogP contribution >= 0.6 is 0 Å². The quantitative estimate of drug-likeness (QED) is 0.801. The predicted octanol–water partition coefficient (Wildman–Crippen LogP) is 0.114. The summed E-state index contributed by atoms with van der Waals surface area (Å²) in [5.41, 5.74) is 0.899. The van der Waals surface area contributed by atoms with Crippen molar-refractivity contribution in [3.05, 3.63) is 30.3 Å². The van der Waals surface area contributed by atoms with Gasteiger partial charge in [0, 0.05) is 31.7 Å². The van der Waals surface area contributed by atoms with Crippen LogP contribution in [-0.4, -0.2) is 69.1 Å². The van der Waals surface area contributed by atoms with Crippen molar-refractivity contribution in [1.82, 2.24) is 30.0 Å². The average Bonchev–Trinajstić information content (AvgIpc) is 2.97.